The summed E-state index contributed by atoms with van der Waals surface area (Å²) < 4.78 is 6.52. The van der Waals surface area contributed by atoms with Crippen LogP contribution in [0.3, 0.4) is 0 Å². The van der Waals surface area contributed by atoms with Crippen LogP contribution in [0.1, 0.15) is 65.2 Å². The molecule has 0 N–H and O–H groups in total. The minimum absolute atomic E-state index is 0.530. The lowest BCUT2D eigenvalue weighted by Crippen LogP contribution is -2.54. The molecule has 136 valence electrons. The molecule has 7 atom stereocenters. The van der Waals surface area contributed by atoms with Gasteiger partial charge in [0.2, 0.25) is 0 Å². The third kappa shape index (κ3) is 2.76. The Labute approximate surface area is 150 Å². The first-order chi connectivity index (χ1) is 11.2. The van der Waals surface area contributed by atoms with Crippen LogP contribution in [0.4, 0.5) is 0 Å². The van der Waals surface area contributed by atoms with Gasteiger partial charge in [0.1, 0.15) is 0 Å². The largest absolute Gasteiger partial charge is 0.415 e. The molecule has 0 radical (unpaired) electrons. The van der Waals surface area contributed by atoms with Crippen molar-refractivity contribution in [2.24, 2.45) is 34.5 Å². The van der Waals surface area contributed by atoms with Gasteiger partial charge in [-0.3, -0.25) is 0 Å². The number of allylic oxidation sites excluding steroid dienone is 2. The molecule has 0 aromatic carbocycles. The van der Waals surface area contributed by atoms with E-state index < -0.39 is 8.32 Å². The smallest absolute Gasteiger partial charge is 0.184 e. The molecule has 24 heavy (non-hydrogen) atoms. The summed E-state index contributed by atoms with van der Waals surface area (Å²) in [4.78, 5) is 0. The highest BCUT2D eigenvalue weighted by molar-refractivity contribution is 6.69. The second kappa shape index (κ2) is 5.71. The first-order valence-electron chi connectivity index (χ1n) is 10.6. The summed E-state index contributed by atoms with van der Waals surface area (Å²) in [5, 5.41) is 0. The van der Waals surface area contributed by atoms with E-state index in [-0.39, 0.29) is 0 Å². The summed E-state index contributed by atoms with van der Waals surface area (Å²) >= 11 is 0. The van der Waals surface area contributed by atoms with Gasteiger partial charge in [-0.25, -0.2) is 0 Å². The summed E-state index contributed by atoms with van der Waals surface area (Å²) in [7, 11) is -1.40. The van der Waals surface area contributed by atoms with Crippen LogP contribution in [0.5, 0.6) is 0 Å². The predicted molar refractivity (Wildman–Crippen MR) is 104 cm³/mol. The zero-order valence-electron chi connectivity index (χ0n) is 16.6. The molecule has 0 saturated heterocycles. The average molecular weight is 347 g/mol. The maximum absolute atomic E-state index is 6.52. The van der Waals surface area contributed by atoms with Crippen LogP contribution in [0.25, 0.3) is 0 Å². The SMILES string of the molecule is CC12C=CCC1C1CCC3CC(O[Si](C)(C)C)CCC3(C)C1CC2. The van der Waals surface area contributed by atoms with Crippen LogP contribution in [0.2, 0.25) is 19.6 Å². The molecule has 3 saturated carbocycles. The van der Waals surface area contributed by atoms with Crippen molar-refractivity contribution in [3.63, 3.8) is 0 Å². The summed E-state index contributed by atoms with van der Waals surface area (Å²) in [6.45, 7) is 12.3. The van der Waals surface area contributed by atoms with Crippen molar-refractivity contribution in [1.82, 2.24) is 0 Å². The van der Waals surface area contributed by atoms with Gasteiger partial charge in [0.15, 0.2) is 8.32 Å². The van der Waals surface area contributed by atoms with Gasteiger partial charge < -0.3 is 4.43 Å². The number of rotatable bonds is 2. The van der Waals surface area contributed by atoms with E-state index in [1.54, 1.807) is 0 Å². The van der Waals surface area contributed by atoms with Crippen molar-refractivity contribution in [2.75, 3.05) is 0 Å². The van der Waals surface area contributed by atoms with Crippen LogP contribution in [0, 0.1) is 34.5 Å². The Kier molecular flexibility index (Phi) is 4.12. The Bertz CT molecular complexity index is 521. The van der Waals surface area contributed by atoms with Gasteiger partial charge in [-0.2, -0.15) is 0 Å². The molecule has 4 aliphatic carbocycles. The minimum Gasteiger partial charge on any atom is -0.415 e. The highest BCUT2D eigenvalue weighted by Gasteiger charge is 2.57. The summed E-state index contributed by atoms with van der Waals surface area (Å²) in [6, 6.07) is 0. The lowest BCUT2D eigenvalue weighted by atomic mass is 9.45. The molecule has 0 bridgehead atoms. The van der Waals surface area contributed by atoms with E-state index in [1.807, 2.05) is 0 Å². The zero-order valence-corrected chi connectivity index (χ0v) is 17.6. The van der Waals surface area contributed by atoms with Gasteiger partial charge in [-0.15, -0.1) is 0 Å². The topological polar surface area (TPSA) is 9.23 Å². The van der Waals surface area contributed by atoms with Crippen LogP contribution in [0.15, 0.2) is 12.2 Å². The van der Waals surface area contributed by atoms with Crippen LogP contribution < -0.4 is 0 Å². The maximum Gasteiger partial charge on any atom is 0.184 e. The van der Waals surface area contributed by atoms with Gasteiger partial charge in [-0.05, 0) is 106 Å². The van der Waals surface area contributed by atoms with Crippen molar-refractivity contribution in [3.05, 3.63) is 12.2 Å². The monoisotopic (exact) mass is 346 g/mol. The molecule has 1 nitrogen and oxygen atoms in total. The van der Waals surface area contributed by atoms with Gasteiger partial charge in [0.05, 0.1) is 0 Å². The molecule has 2 heteroatoms. The Morgan fingerprint density at radius 2 is 1.75 bits per heavy atom. The van der Waals surface area contributed by atoms with E-state index in [1.165, 1.54) is 51.4 Å². The normalized spacial score (nSPS) is 51.0. The molecule has 0 aliphatic heterocycles. The van der Waals surface area contributed by atoms with Crippen LogP contribution in [-0.2, 0) is 4.43 Å². The van der Waals surface area contributed by atoms with Crippen LogP contribution >= 0.6 is 0 Å². The van der Waals surface area contributed by atoms with Crippen molar-refractivity contribution in [3.8, 4) is 0 Å². The summed E-state index contributed by atoms with van der Waals surface area (Å²) in [6.07, 6.45) is 17.0. The lowest BCUT2D eigenvalue weighted by Gasteiger charge is -2.60. The summed E-state index contributed by atoms with van der Waals surface area (Å²) in [5.74, 6) is 3.86. The first kappa shape index (κ1) is 17.3. The molecule has 0 heterocycles. The van der Waals surface area contributed by atoms with E-state index in [0.717, 1.165) is 23.7 Å². The molecule has 3 fully saturated rings. The van der Waals surface area contributed by atoms with Gasteiger partial charge in [0, 0.05) is 6.10 Å². The van der Waals surface area contributed by atoms with Crippen molar-refractivity contribution >= 4 is 8.32 Å². The molecular weight excluding hydrogens is 308 g/mol. The highest BCUT2D eigenvalue weighted by atomic mass is 28.4. The standard InChI is InChI=1S/C22H38OSi/c1-21-12-6-7-19(21)18-9-8-16-15-17(23-24(3,4)5)10-14-22(16,2)20(18)11-13-21/h6,12,16-20H,7-11,13-15H2,1-5H3. The Balaban J connectivity index is 1.51. The molecular formula is C22H38OSi. The second-order valence-corrected chi connectivity index (χ2v) is 15.4. The lowest BCUT2D eigenvalue weighted by molar-refractivity contribution is -0.114. The third-order valence-electron chi connectivity index (χ3n) is 8.46. The Morgan fingerprint density at radius 3 is 2.50 bits per heavy atom. The van der Waals surface area contributed by atoms with Crippen LogP contribution in [-0.4, -0.2) is 14.4 Å². The Hall–Kier alpha value is -0.0831. The number of fused-ring (bicyclic) bond motifs is 5. The first-order valence-corrected chi connectivity index (χ1v) is 14.0. The van der Waals surface area contributed by atoms with E-state index in [0.29, 0.717) is 16.9 Å². The fourth-order valence-electron chi connectivity index (χ4n) is 7.31. The quantitative estimate of drug-likeness (QED) is 0.414. The number of hydrogen-bond acceptors (Lipinski definition) is 1. The highest BCUT2D eigenvalue weighted by Crippen LogP contribution is 2.65. The van der Waals surface area contributed by atoms with Gasteiger partial charge in [0.25, 0.3) is 0 Å². The molecule has 4 aliphatic rings. The molecule has 0 spiro atoms. The number of hydrogen-bond donors (Lipinski definition) is 0. The fraction of sp³-hybridized carbons (Fsp3) is 0.909. The average Bonchev–Trinajstić information content (AvgIpc) is 2.88. The molecule has 4 rings (SSSR count). The Morgan fingerprint density at radius 1 is 0.958 bits per heavy atom. The van der Waals surface area contributed by atoms with Crippen molar-refractivity contribution in [1.29, 1.82) is 0 Å². The zero-order chi connectivity index (χ0) is 17.2. The van der Waals surface area contributed by atoms with Gasteiger partial charge in [-0.1, -0.05) is 26.0 Å². The van der Waals surface area contributed by atoms with Crippen molar-refractivity contribution < 1.29 is 4.43 Å². The third-order valence-corrected chi connectivity index (χ3v) is 9.50. The van der Waals surface area contributed by atoms with Crippen molar-refractivity contribution in [2.45, 2.75) is 91.0 Å². The minimum atomic E-state index is -1.40. The van der Waals surface area contributed by atoms with E-state index in [2.05, 4.69) is 45.6 Å². The van der Waals surface area contributed by atoms with E-state index >= 15 is 0 Å². The molecule has 0 aromatic heterocycles. The molecule has 0 aromatic rings. The molecule has 0 amide bonds. The molecule has 7 unspecified atom stereocenters. The van der Waals surface area contributed by atoms with E-state index in [9.17, 15) is 0 Å². The summed E-state index contributed by atoms with van der Waals surface area (Å²) in [5.41, 5.74) is 1.13. The maximum atomic E-state index is 6.52. The second-order valence-electron chi connectivity index (χ2n) is 11.0. The van der Waals surface area contributed by atoms with Gasteiger partial charge >= 0.3 is 0 Å². The van der Waals surface area contributed by atoms with E-state index in [4.69, 9.17) is 4.43 Å². The predicted octanol–water partition coefficient (Wildman–Crippen LogP) is 6.42. The fourth-order valence-corrected chi connectivity index (χ4v) is 8.52.